The van der Waals surface area contributed by atoms with Crippen molar-refractivity contribution in [2.45, 2.75) is 12.8 Å². The number of amides is 1. The number of rotatable bonds is 15. The molecule has 180 valence electrons. The number of carbonyl (C=O) groups is 2. The highest BCUT2D eigenvalue weighted by molar-refractivity contribution is 6.04. The van der Waals surface area contributed by atoms with Crippen molar-refractivity contribution in [1.29, 1.82) is 0 Å². The minimum absolute atomic E-state index is 0.200. The number of anilines is 2. The van der Waals surface area contributed by atoms with Crippen LogP contribution >= 0.6 is 0 Å². The van der Waals surface area contributed by atoms with Gasteiger partial charge in [0.2, 0.25) is 0 Å². The van der Waals surface area contributed by atoms with Crippen LogP contribution in [0, 0.1) is 0 Å². The molecule has 0 radical (unpaired) electrons. The fraction of sp³-hybridized carbons (Fsp3) is 0.435. The second-order valence-electron chi connectivity index (χ2n) is 7.48. The van der Waals surface area contributed by atoms with E-state index in [0.717, 1.165) is 11.1 Å². The number of ether oxygens (including phenoxy) is 3. The second kappa shape index (κ2) is 13.9. The minimum Gasteiger partial charge on any atom is -0.379 e. The van der Waals surface area contributed by atoms with Gasteiger partial charge in [0.25, 0.3) is 5.91 Å². The minimum atomic E-state index is -0.257. The number of Topliss-reactive ketones (excluding diaryl/α,β-unsaturated/α-hetero) is 1. The van der Waals surface area contributed by atoms with E-state index in [1.807, 2.05) is 18.2 Å². The molecule has 1 aliphatic carbocycles. The molecular weight excluding hydrogens is 440 g/mol. The molecule has 1 heterocycles. The SMILES string of the molecule is [N-]=[N+]=NCCOCCOCCOCCNc1ccc(C(=O)Nc2ccc3c(c2)CC(=O)C3)cn1. The number of hydrogen-bond donors (Lipinski definition) is 2. The van der Waals surface area contributed by atoms with Crippen LogP contribution < -0.4 is 10.6 Å². The lowest BCUT2D eigenvalue weighted by molar-refractivity contribution is -0.117. The number of nitrogens with one attached hydrogen (secondary N) is 2. The van der Waals surface area contributed by atoms with Crippen LogP contribution in [0.1, 0.15) is 21.5 Å². The average molecular weight is 469 g/mol. The van der Waals surface area contributed by atoms with Crippen LogP contribution in [-0.4, -0.2) is 69.4 Å². The molecule has 0 unspecified atom stereocenters. The number of fused-ring (bicyclic) bond motifs is 1. The molecule has 2 N–H and O–H groups in total. The van der Waals surface area contributed by atoms with E-state index in [9.17, 15) is 9.59 Å². The summed E-state index contributed by atoms with van der Waals surface area (Å²) in [6.07, 6.45) is 2.41. The van der Waals surface area contributed by atoms with Gasteiger partial charge < -0.3 is 24.8 Å². The summed E-state index contributed by atoms with van der Waals surface area (Å²) in [6, 6.07) is 8.99. The first-order chi connectivity index (χ1) is 16.7. The van der Waals surface area contributed by atoms with E-state index in [1.165, 1.54) is 6.20 Å². The third-order valence-electron chi connectivity index (χ3n) is 4.96. The van der Waals surface area contributed by atoms with E-state index in [0.29, 0.717) is 82.6 Å². The van der Waals surface area contributed by atoms with Crippen molar-refractivity contribution < 1.29 is 23.8 Å². The summed E-state index contributed by atoms with van der Waals surface area (Å²) in [5.74, 6) is 0.587. The van der Waals surface area contributed by atoms with Crippen LogP contribution in [0.5, 0.6) is 0 Å². The predicted octanol–water partition coefficient (Wildman–Crippen LogP) is 2.77. The van der Waals surface area contributed by atoms with Gasteiger partial charge in [0.15, 0.2) is 0 Å². The van der Waals surface area contributed by atoms with Crippen molar-refractivity contribution in [2.24, 2.45) is 5.11 Å². The molecule has 1 amide bonds. The Kier molecular flexibility index (Phi) is 10.3. The van der Waals surface area contributed by atoms with Gasteiger partial charge in [-0.3, -0.25) is 9.59 Å². The second-order valence-corrected chi connectivity index (χ2v) is 7.48. The molecule has 0 atom stereocenters. The molecule has 3 rings (SSSR count). The highest BCUT2D eigenvalue weighted by Crippen LogP contribution is 2.23. The fourth-order valence-corrected chi connectivity index (χ4v) is 3.31. The van der Waals surface area contributed by atoms with Crippen molar-refractivity contribution in [3.63, 3.8) is 0 Å². The summed E-state index contributed by atoms with van der Waals surface area (Å²) in [7, 11) is 0. The highest BCUT2D eigenvalue weighted by atomic mass is 16.5. The summed E-state index contributed by atoms with van der Waals surface area (Å²) in [5, 5.41) is 9.35. The number of azide groups is 1. The van der Waals surface area contributed by atoms with Crippen LogP contribution in [0.25, 0.3) is 10.4 Å². The maximum Gasteiger partial charge on any atom is 0.257 e. The van der Waals surface area contributed by atoms with Crippen LogP contribution in [0.15, 0.2) is 41.6 Å². The number of ketones is 1. The molecule has 0 aliphatic heterocycles. The zero-order chi connectivity index (χ0) is 24.0. The van der Waals surface area contributed by atoms with E-state index in [-0.39, 0.29) is 11.7 Å². The molecule has 0 spiro atoms. The van der Waals surface area contributed by atoms with E-state index >= 15 is 0 Å². The topological polar surface area (TPSA) is 148 Å². The van der Waals surface area contributed by atoms with Crippen LogP contribution in [0.4, 0.5) is 11.5 Å². The Morgan fingerprint density at radius 1 is 1.00 bits per heavy atom. The molecule has 11 heteroatoms. The van der Waals surface area contributed by atoms with Gasteiger partial charge in [-0.05, 0) is 40.9 Å². The molecule has 0 fully saturated rings. The molecule has 2 aromatic rings. The molecule has 34 heavy (non-hydrogen) atoms. The third kappa shape index (κ3) is 8.45. The van der Waals surface area contributed by atoms with Gasteiger partial charge in [0.1, 0.15) is 11.6 Å². The molecular formula is C23H28N6O5. The van der Waals surface area contributed by atoms with Gasteiger partial charge in [-0.1, -0.05) is 11.2 Å². The lowest BCUT2D eigenvalue weighted by Gasteiger charge is -2.09. The van der Waals surface area contributed by atoms with Crippen molar-refractivity contribution >= 4 is 23.2 Å². The molecule has 0 bridgehead atoms. The van der Waals surface area contributed by atoms with Gasteiger partial charge in [-0.25, -0.2) is 4.98 Å². The van der Waals surface area contributed by atoms with Gasteiger partial charge in [-0.2, -0.15) is 0 Å². The smallest absolute Gasteiger partial charge is 0.257 e. The van der Waals surface area contributed by atoms with E-state index in [4.69, 9.17) is 19.7 Å². The molecule has 1 aromatic carbocycles. The summed E-state index contributed by atoms with van der Waals surface area (Å²) in [4.78, 5) is 31.0. The molecule has 11 nitrogen and oxygen atoms in total. The normalized spacial score (nSPS) is 12.2. The largest absolute Gasteiger partial charge is 0.379 e. The fourth-order valence-electron chi connectivity index (χ4n) is 3.31. The monoisotopic (exact) mass is 468 g/mol. The zero-order valence-corrected chi connectivity index (χ0v) is 18.9. The first-order valence-corrected chi connectivity index (χ1v) is 11.0. The van der Waals surface area contributed by atoms with Crippen LogP contribution in [0.3, 0.4) is 0 Å². The third-order valence-corrected chi connectivity index (χ3v) is 4.96. The molecule has 0 saturated carbocycles. The quantitative estimate of drug-likeness (QED) is 0.177. The maximum absolute atomic E-state index is 12.5. The number of carbonyl (C=O) groups excluding carboxylic acids is 2. The Hall–Kier alpha value is -3.50. The summed E-state index contributed by atoms with van der Waals surface area (Å²) in [6.45, 7) is 3.56. The Balaban J connectivity index is 1.26. The predicted molar refractivity (Wildman–Crippen MR) is 126 cm³/mol. The van der Waals surface area contributed by atoms with E-state index in [2.05, 4.69) is 25.6 Å². The van der Waals surface area contributed by atoms with Crippen molar-refractivity contribution in [2.75, 3.05) is 63.4 Å². The first kappa shape index (κ1) is 25.1. The number of nitrogens with zero attached hydrogens (tertiary/aromatic N) is 4. The zero-order valence-electron chi connectivity index (χ0n) is 18.9. The number of benzene rings is 1. The number of hydrogen-bond acceptors (Lipinski definition) is 8. The Bertz CT molecular complexity index is 1010. The standard InChI is InChI=1S/C23H28N6O5/c24-29-27-6-8-33-10-12-34-11-9-32-7-5-25-22-4-2-18(16-26-22)23(31)28-20-3-1-17-14-21(30)15-19(17)13-20/h1-4,13,16H,5-12,14-15H2,(H,25,26)(H,28,31). The molecule has 1 aliphatic rings. The maximum atomic E-state index is 12.5. The number of pyridine rings is 1. The van der Waals surface area contributed by atoms with E-state index < -0.39 is 0 Å². The number of aromatic nitrogens is 1. The summed E-state index contributed by atoms with van der Waals surface area (Å²) >= 11 is 0. The Morgan fingerprint density at radius 3 is 2.47 bits per heavy atom. The Morgan fingerprint density at radius 2 is 1.74 bits per heavy atom. The first-order valence-electron chi connectivity index (χ1n) is 11.0. The van der Waals surface area contributed by atoms with E-state index in [1.54, 1.807) is 12.1 Å². The van der Waals surface area contributed by atoms with Crippen LogP contribution in [0.2, 0.25) is 0 Å². The van der Waals surface area contributed by atoms with Gasteiger partial charge in [-0.15, -0.1) is 0 Å². The van der Waals surface area contributed by atoms with Gasteiger partial charge >= 0.3 is 0 Å². The average Bonchev–Trinajstić information content (AvgIpc) is 3.21. The van der Waals surface area contributed by atoms with Crippen molar-refractivity contribution in [3.05, 3.63) is 63.7 Å². The lowest BCUT2D eigenvalue weighted by atomic mass is 10.1. The molecule has 1 aromatic heterocycles. The van der Waals surface area contributed by atoms with Crippen molar-refractivity contribution in [3.8, 4) is 0 Å². The summed E-state index contributed by atoms with van der Waals surface area (Å²) < 4.78 is 16.1. The highest BCUT2D eigenvalue weighted by Gasteiger charge is 2.18. The van der Waals surface area contributed by atoms with Gasteiger partial charge in [0.05, 0.1) is 45.2 Å². The molecule has 0 saturated heterocycles. The van der Waals surface area contributed by atoms with Crippen LogP contribution in [-0.2, 0) is 31.8 Å². The lowest BCUT2D eigenvalue weighted by Crippen LogP contribution is -2.15. The Labute approximate surface area is 197 Å². The summed E-state index contributed by atoms with van der Waals surface area (Å²) in [5.41, 5.74) is 11.2. The van der Waals surface area contributed by atoms with Gasteiger partial charge in [0, 0.05) is 42.7 Å². The van der Waals surface area contributed by atoms with Crippen molar-refractivity contribution in [1.82, 2.24) is 4.98 Å².